The standard InChI is InChI=1S/C22H22N2O7S/c1-28-15-7-5-14(6-8-15)23-20(25)12-24-21(26)19(32-22(24)27)10-13-9-17(30-3)18(31-4)11-16(13)29-2/h5-11H,12H2,1-4H3,(H,23,25)/b19-10+. The maximum Gasteiger partial charge on any atom is 0.294 e. The largest absolute Gasteiger partial charge is 0.497 e. The number of amides is 3. The molecule has 1 saturated heterocycles. The van der Waals surface area contributed by atoms with E-state index >= 15 is 0 Å². The molecule has 0 radical (unpaired) electrons. The molecule has 0 unspecified atom stereocenters. The highest BCUT2D eigenvalue weighted by Gasteiger charge is 2.36. The lowest BCUT2D eigenvalue weighted by Gasteiger charge is -2.13. The second-order valence-corrected chi connectivity index (χ2v) is 7.49. The average Bonchev–Trinajstić information content (AvgIpc) is 3.06. The number of nitrogens with zero attached hydrogens (tertiary/aromatic N) is 1. The van der Waals surface area contributed by atoms with Gasteiger partial charge in [-0.25, -0.2) is 0 Å². The maximum atomic E-state index is 12.8. The lowest BCUT2D eigenvalue weighted by molar-refractivity contribution is -0.127. The lowest BCUT2D eigenvalue weighted by atomic mass is 10.1. The Morgan fingerprint density at radius 3 is 2.16 bits per heavy atom. The predicted octanol–water partition coefficient (Wildman–Crippen LogP) is 3.40. The van der Waals surface area contributed by atoms with Gasteiger partial charge in [0.2, 0.25) is 5.91 Å². The minimum Gasteiger partial charge on any atom is -0.497 e. The van der Waals surface area contributed by atoms with Crippen LogP contribution >= 0.6 is 11.8 Å². The molecule has 0 aliphatic carbocycles. The summed E-state index contributed by atoms with van der Waals surface area (Å²) >= 11 is 0.747. The number of hydrogen-bond acceptors (Lipinski definition) is 8. The van der Waals surface area contributed by atoms with Crippen molar-refractivity contribution in [1.82, 2.24) is 4.90 Å². The van der Waals surface area contributed by atoms with Crippen LogP contribution in [0.3, 0.4) is 0 Å². The molecule has 2 aromatic carbocycles. The van der Waals surface area contributed by atoms with Crippen LogP contribution in [0.4, 0.5) is 10.5 Å². The van der Waals surface area contributed by atoms with Gasteiger partial charge in [-0.3, -0.25) is 19.3 Å². The van der Waals surface area contributed by atoms with E-state index in [1.54, 1.807) is 43.5 Å². The average molecular weight is 458 g/mol. The molecular formula is C22H22N2O7S. The van der Waals surface area contributed by atoms with Gasteiger partial charge >= 0.3 is 0 Å². The number of thioether (sulfide) groups is 1. The molecule has 168 valence electrons. The highest BCUT2D eigenvalue weighted by atomic mass is 32.2. The first-order valence-corrected chi connectivity index (χ1v) is 10.2. The number of carbonyl (C=O) groups is 3. The van der Waals surface area contributed by atoms with E-state index < -0.39 is 23.6 Å². The first-order valence-electron chi connectivity index (χ1n) is 9.39. The van der Waals surface area contributed by atoms with E-state index in [1.165, 1.54) is 27.4 Å². The van der Waals surface area contributed by atoms with Gasteiger partial charge in [-0.1, -0.05) is 0 Å². The molecule has 0 atom stereocenters. The van der Waals surface area contributed by atoms with Crippen molar-refractivity contribution >= 4 is 40.6 Å². The van der Waals surface area contributed by atoms with E-state index in [0.29, 0.717) is 34.2 Å². The van der Waals surface area contributed by atoms with E-state index in [-0.39, 0.29) is 4.91 Å². The second-order valence-electron chi connectivity index (χ2n) is 6.49. The molecule has 9 nitrogen and oxygen atoms in total. The summed E-state index contributed by atoms with van der Waals surface area (Å²) in [6, 6.07) is 9.96. The molecule has 3 amide bonds. The highest BCUT2D eigenvalue weighted by Crippen LogP contribution is 2.38. The van der Waals surface area contributed by atoms with Crippen molar-refractivity contribution in [2.24, 2.45) is 0 Å². The third-order valence-electron chi connectivity index (χ3n) is 4.57. The molecule has 3 rings (SSSR count). The van der Waals surface area contributed by atoms with Crippen LogP contribution in [0.15, 0.2) is 41.3 Å². The van der Waals surface area contributed by atoms with Gasteiger partial charge in [0.1, 0.15) is 18.0 Å². The molecule has 2 aromatic rings. The zero-order chi connectivity index (χ0) is 23.3. The lowest BCUT2D eigenvalue weighted by Crippen LogP contribution is -2.36. The minimum absolute atomic E-state index is 0.165. The smallest absolute Gasteiger partial charge is 0.294 e. The second kappa shape index (κ2) is 10.1. The molecule has 1 N–H and O–H groups in total. The van der Waals surface area contributed by atoms with Crippen molar-refractivity contribution in [2.75, 3.05) is 40.3 Å². The van der Waals surface area contributed by atoms with Gasteiger partial charge in [0.15, 0.2) is 11.5 Å². The van der Waals surface area contributed by atoms with Gasteiger partial charge in [-0.2, -0.15) is 0 Å². The number of anilines is 1. The van der Waals surface area contributed by atoms with E-state index in [1.807, 2.05) is 0 Å². The molecule has 10 heteroatoms. The van der Waals surface area contributed by atoms with Crippen LogP contribution in [0.5, 0.6) is 23.0 Å². The summed E-state index contributed by atoms with van der Waals surface area (Å²) in [7, 11) is 6.01. The molecule has 0 spiro atoms. The quantitative estimate of drug-likeness (QED) is 0.601. The maximum absolute atomic E-state index is 12.8. The number of benzene rings is 2. The van der Waals surface area contributed by atoms with Gasteiger partial charge in [-0.05, 0) is 48.2 Å². The number of nitrogens with one attached hydrogen (secondary N) is 1. The summed E-state index contributed by atoms with van der Waals surface area (Å²) in [5, 5.41) is 2.12. The zero-order valence-electron chi connectivity index (χ0n) is 18.0. The fourth-order valence-electron chi connectivity index (χ4n) is 2.96. The van der Waals surface area contributed by atoms with Crippen molar-refractivity contribution in [3.63, 3.8) is 0 Å². The Bertz CT molecular complexity index is 1070. The molecule has 1 aliphatic rings. The van der Waals surface area contributed by atoms with Crippen molar-refractivity contribution in [3.8, 4) is 23.0 Å². The number of hydrogen-bond donors (Lipinski definition) is 1. The van der Waals surface area contributed by atoms with Crippen LogP contribution in [-0.2, 0) is 9.59 Å². The summed E-state index contributed by atoms with van der Waals surface area (Å²) in [6.45, 7) is -0.406. The molecule has 32 heavy (non-hydrogen) atoms. The van der Waals surface area contributed by atoms with Crippen LogP contribution in [-0.4, -0.2) is 56.9 Å². The van der Waals surface area contributed by atoms with Crippen LogP contribution in [0.1, 0.15) is 5.56 Å². The molecule has 1 heterocycles. The Morgan fingerprint density at radius 1 is 0.938 bits per heavy atom. The molecule has 0 aromatic heterocycles. The fourth-order valence-corrected chi connectivity index (χ4v) is 3.79. The predicted molar refractivity (Wildman–Crippen MR) is 120 cm³/mol. The first kappa shape index (κ1) is 23.0. The number of imide groups is 1. The van der Waals surface area contributed by atoms with Crippen molar-refractivity contribution in [1.29, 1.82) is 0 Å². The molecular weight excluding hydrogens is 436 g/mol. The SMILES string of the molecule is COc1ccc(NC(=O)CN2C(=O)S/C(=C/c3cc(OC)c(OC)cc3OC)C2=O)cc1. The Hall–Kier alpha value is -3.66. The van der Waals surface area contributed by atoms with Crippen LogP contribution in [0, 0.1) is 0 Å². The summed E-state index contributed by atoms with van der Waals surface area (Å²) in [5.74, 6) is 0.919. The van der Waals surface area contributed by atoms with E-state index in [9.17, 15) is 14.4 Å². The van der Waals surface area contributed by atoms with Gasteiger partial charge in [-0.15, -0.1) is 0 Å². The highest BCUT2D eigenvalue weighted by molar-refractivity contribution is 8.18. The van der Waals surface area contributed by atoms with Crippen LogP contribution in [0.25, 0.3) is 6.08 Å². The van der Waals surface area contributed by atoms with Crippen molar-refractivity contribution in [3.05, 3.63) is 46.9 Å². The summed E-state index contributed by atoms with van der Waals surface area (Å²) in [5.41, 5.74) is 1.05. The monoisotopic (exact) mass is 458 g/mol. The van der Waals surface area contributed by atoms with Crippen molar-refractivity contribution < 1.29 is 33.3 Å². The Balaban J connectivity index is 1.76. The van der Waals surface area contributed by atoms with Crippen LogP contribution < -0.4 is 24.3 Å². The van der Waals surface area contributed by atoms with E-state index in [0.717, 1.165) is 16.7 Å². The zero-order valence-corrected chi connectivity index (χ0v) is 18.8. The Kier molecular flexibility index (Phi) is 7.26. The summed E-state index contributed by atoms with van der Waals surface area (Å²) in [4.78, 5) is 38.6. The van der Waals surface area contributed by atoms with Crippen molar-refractivity contribution in [2.45, 2.75) is 0 Å². The first-order chi connectivity index (χ1) is 15.4. The van der Waals surface area contributed by atoms with Gasteiger partial charge < -0.3 is 24.3 Å². The molecule has 0 saturated carbocycles. The Labute approximate surface area is 189 Å². The van der Waals surface area contributed by atoms with Gasteiger partial charge in [0, 0.05) is 17.3 Å². The van der Waals surface area contributed by atoms with Gasteiger partial charge in [0.25, 0.3) is 11.1 Å². The molecule has 0 bridgehead atoms. The van der Waals surface area contributed by atoms with Crippen LogP contribution in [0.2, 0.25) is 0 Å². The number of ether oxygens (including phenoxy) is 4. The third-order valence-corrected chi connectivity index (χ3v) is 5.48. The Morgan fingerprint density at radius 2 is 1.56 bits per heavy atom. The summed E-state index contributed by atoms with van der Waals surface area (Å²) in [6.07, 6.45) is 1.52. The number of rotatable bonds is 8. The van der Waals surface area contributed by atoms with Gasteiger partial charge in [0.05, 0.1) is 33.3 Å². The van der Waals surface area contributed by atoms with E-state index in [4.69, 9.17) is 18.9 Å². The fraction of sp³-hybridized carbons (Fsp3) is 0.227. The third kappa shape index (κ3) is 4.97. The topological polar surface area (TPSA) is 103 Å². The van der Waals surface area contributed by atoms with E-state index in [2.05, 4.69) is 5.32 Å². The summed E-state index contributed by atoms with van der Waals surface area (Å²) < 4.78 is 21.0. The molecule has 1 aliphatic heterocycles. The number of carbonyl (C=O) groups excluding carboxylic acids is 3. The number of methoxy groups -OCH3 is 4. The minimum atomic E-state index is -0.568. The normalized spacial score (nSPS) is 14.5. The molecule has 1 fully saturated rings.